The summed E-state index contributed by atoms with van der Waals surface area (Å²) in [5.74, 6) is 2.38. The minimum absolute atomic E-state index is 0.350. The van der Waals surface area contributed by atoms with E-state index in [4.69, 9.17) is 0 Å². The van der Waals surface area contributed by atoms with Gasteiger partial charge in [-0.25, -0.2) is 23.4 Å². The Kier molecular flexibility index (Phi) is 5.33. The van der Waals surface area contributed by atoms with Crippen molar-refractivity contribution in [3.63, 3.8) is 0 Å². The number of hydrogen-bond donors (Lipinski definition) is 0. The predicted octanol–water partition coefficient (Wildman–Crippen LogP) is 2.04. The molecule has 0 atom stereocenters. The van der Waals surface area contributed by atoms with Crippen LogP contribution in [0.1, 0.15) is 18.3 Å². The molecule has 0 amide bonds. The van der Waals surface area contributed by atoms with Gasteiger partial charge in [0, 0.05) is 44.6 Å². The maximum absolute atomic E-state index is 12.9. The lowest BCUT2D eigenvalue weighted by atomic mass is 10.2. The Morgan fingerprint density at radius 1 is 0.966 bits per heavy atom. The highest BCUT2D eigenvalue weighted by molar-refractivity contribution is 7.89. The van der Waals surface area contributed by atoms with Gasteiger partial charge in [0.15, 0.2) is 0 Å². The Morgan fingerprint density at radius 3 is 2.28 bits per heavy atom. The zero-order valence-corrected chi connectivity index (χ0v) is 17.4. The molecule has 0 radical (unpaired) electrons. The van der Waals surface area contributed by atoms with Crippen LogP contribution in [0.5, 0.6) is 0 Å². The minimum Gasteiger partial charge on any atom is -0.354 e. The molecule has 3 aromatic rings. The quantitative estimate of drug-likeness (QED) is 0.638. The largest absolute Gasteiger partial charge is 0.354 e. The van der Waals surface area contributed by atoms with E-state index >= 15 is 0 Å². The van der Waals surface area contributed by atoms with Crippen molar-refractivity contribution in [3.05, 3.63) is 60.4 Å². The molecule has 0 spiro atoms. The number of piperazine rings is 1. The molecule has 1 aromatic carbocycles. The van der Waals surface area contributed by atoms with Gasteiger partial charge in [0.05, 0.1) is 4.90 Å². The first-order chi connectivity index (χ1) is 14.0. The summed E-state index contributed by atoms with van der Waals surface area (Å²) < 4.78 is 29.3. The molecule has 1 aliphatic heterocycles. The second kappa shape index (κ2) is 7.92. The Labute approximate surface area is 170 Å². The van der Waals surface area contributed by atoms with E-state index in [1.165, 1.54) is 6.33 Å². The normalized spacial score (nSPS) is 15.6. The van der Waals surface area contributed by atoms with Crippen LogP contribution in [0.25, 0.3) is 5.82 Å². The molecular weight excluding hydrogens is 388 g/mol. The number of rotatable bonds is 5. The molecule has 2 aromatic heterocycles. The van der Waals surface area contributed by atoms with Crippen LogP contribution in [0, 0.1) is 6.92 Å². The fourth-order valence-electron chi connectivity index (χ4n) is 3.47. The molecular formula is C20H24N6O2S. The van der Waals surface area contributed by atoms with E-state index in [-0.39, 0.29) is 0 Å². The van der Waals surface area contributed by atoms with Gasteiger partial charge in [-0.15, -0.1) is 0 Å². The van der Waals surface area contributed by atoms with Crippen LogP contribution in [0.2, 0.25) is 0 Å². The third-order valence-electron chi connectivity index (χ3n) is 5.24. The summed E-state index contributed by atoms with van der Waals surface area (Å²) in [4.78, 5) is 15.4. The summed E-state index contributed by atoms with van der Waals surface area (Å²) in [7, 11) is -3.48. The molecule has 4 rings (SSSR count). The van der Waals surface area contributed by atoms with Gasteiger partial charge < -0.3 is 4.90 Å². The van der Waals surface area contributed by atoms with E-state index in [9.17, 15) is 8.42 Å². The average Bonchev–Trinajstić information content (AvgIpc) is 3.20. The van der Waals surface area contributed by atoms with E-state index < -0.39 is 10.0 Å². The van der Waals surface area contributed by atoms with Crippen molar-refractivity contribution in [1.29, 1.82) is 0 Å². The topological polar surface area (TPSA) is 84.2 Å². The highest BCUT2D eigenvalue weighted by atomic mass is 32.2. The van der Waals surface area contributed by atoms with E-state index in [0.717, 1.165) is 29.4 Å². The maximum Gasteiger partial charge on any atom is 0.243 e. The van der Waals surface area contributed by atoms with Gasteiger partial charge in [0.2, 0.25) is 10.0 Å². The third kappa shape index (κ3) is 3.88. The molecule has 0 unspecified atom stereocenters. The van der Waals surface area contributed by atoms with Gasteiger partial charge >= 0.3 is 0 Å². The first-order valence-corrected chi connectivity index (χ1v) is 11.1. The van der Waals surface area contributed by atoms with Gasteiger partial charge in [-0.1, -0.05) is 19.1 Å². The Hall–Kier alpha value is -2.78. The highest BCUT2D eigenvalue weighted by Crippen LogP contribution is 2.21. The van der Waals surface area contributed by atoms with Gasteiger partial charge in [-0.05, 0) is 31.0 Å². The minimum atomic E-state index is -3.48. The number of sulfonamides is 1. The Bertz CT molecular complexity index is 1090. The summed E-state index contributed by atoms with van der Waals surface area (Å²) in [5.41, 5.74) is 1.13. The molecule has 1 saturated heterocycles. The molecule has 1 fully saturated rings. The van der Waals surface area contributed by atoms with E-state index in [1.807, 2.05) is 35.9 Å². The van der Waals surface area contributed by atoms with E-state index in [2.05, 4.69) is 26.8 Å². The number of aromatic nitrogens is 4. The first-order valence-electron chi connectivity index (χ1n) is 9.65. The van der Waals surface area contributed by atoms with Crippen molar-refractivity contribution >= 4 is 15.8 Å². The predicted molar refractivity (Wildman–Crippen MR) is 111 cm³/mol. The molecule has 0 aliphatic carbocycles. The molecule has 8 nitrogen and oxygen atoms in total. The van der Waals surface area contributed by atoms with Crippen molar-refractivity contribution in [2.75, 3.05) is 31.1 Å². The fraction of sp³-hybridized carbons (Fsp3) is 0.350. The number of imidazole rings is 1. The molecule has 29 heavy (non-hydrogen) atoms. The highest BCUT2D eigenvalue weighted by Gasteiger charge is 2.29. The zero-order chi connectivity index (χ0) is 20.4. The number of anilines is 1. The molecule has 9 heteroatoms. The summed E-state index contributed by atoms with van der Waals surface area (Å²) in [6, 6.07) is 9.06. The van der Waals surface area contributed by atoms with Crippen molar-refractivity contribution in [2.45, 2.75) is 25.2 Å². The second-order valence-electron chi connectivity index (χ2n) is 6.97. The number of nitrogens with zero attached hydrogens (tertiary/aromatic N) is 6. The Morgan fingerprint density at radius 2 is 1.66 bits per heavy atom. The average molecular weight is 413 g/mol. The van der Waals surface area contributed by atoms with Crippen LogP contribution < -0.4 is 4.90 Å². The number of hydrogen-bond acceptors (Lipinski definition) is 6. The lowest BCUT2D eigenvalue weighted by Crippen LogP contribution is -2.48. The van der Waals surface area contributed by atoms with Crippen LogP contribution in [-0.2, 0) is 16.4 Å². The molecule has 152 valence electrons. The lowest BCUT2D eigenvalue weighted by molar-refractivity contribution is 0.383. The van der Waals surface area contributed by atoms with Crippen molar-refractivity contribution < 1.29 is 8.42 Å². The van der Waals surface area contributed by atoms with Gasteiger partial charge in [0.1, 0.15) is 23.8 Å². The SMILES string of the molecule is CCc1ccc(S(=O)(=O)N2CCN(c3cc(-n4ccnc4C)ncn3)CC2)cc1. The maximum atomic E-state index is 12.9. The fourth-order valence-corrected chi connectivity index (χ4v) is 4.89. The molecule has 1 aliphatic rings. The number of benzene rings is 1. The van der Waals surface area contributed by atoms with Gasteiger partial charge in [-0.3, -0.25) is 4.57 Å². The number of aryl methyl sites for hydroxylation is 2. The van der Waals surface area contributed by atoms with Gasteiger partial charge in [-0.2, -0.15) is 4.31 Å². The second-order valence-corrected chi connectivity index (χ2v) is 8.91. The monoisotopic (exact) mass is 412 g/mol. The van der Waals surface area contributed by atoms with Crippen LogP contribution >= 0.6 is 0 Å². The molecule has 3 heterocycles. The van der Waals surface area contributed by atoms with Gasteiger partial charge in [0.25, 0.3) is 0 Å². The first kappa shape index (κ1) is 19.5. The lowest BCUT2D eigenvalue weighted by Gasteiger charge is -2.34. The Balaban J connectivity index is 1.47. The van der Waals surface area contributed by atoms with Crippen molar-refractivity contribution in [3.8, 4) is 5.82 Å². The third-order valence-corrected chi connectivity index (χ3v) is 7.16. The summed E-state index contributed by atoms with van der Waals surface area (Å²) in [6.45, 7) is 5.95. The van der Waals surface area contributed by atoms with E-state index in [0.29, 0.717) is 31.1 Å². The summed E-state index contributed by atoms with van der Waals surface area (Å²) in [6.07, 6.45) is 6.00. The summed E-state index contributed by atoms with van der Waals surface area (Å²) >= 11 is 0. The summed E-state index contributed by atoms with van der Waals surface area (Å²) in [5, 5.41) is 0. The van der Waals surface area contributed by atoms with Crippen LogP contribution in [0.4, 0.5) is 5.82 Å². The standard InChI is InChI=1S/C20H24N6O2S/c1-3-17-4-6-18(7-5-17)29(27,28)25-12-10-24(11-13-25)19-14-20(23-15-22-19)26-9-8-21-16(26)2/h4-9,14-15H,3,10-13H2,1-2H3. The van der Waals surface area contributed by atoms with Crippen LogP contribution in [0.15, 0.2) is 53.9 Å². The van der Waals surface area contributed by atoms with Crippen LogP contribution in [0.3, 0.4) is 0 Å². The van der Waals surface area contributed by atoms with Crippen molar-refractivity contribution in [1.82, 2.24) is 23.8 Å². The van der Waals surface area contributed by atoms with Crippen molar-refractivity contribution in [2.24, 2.45) is 0 Å². The smallest absolute Gasteiger partial charge is 0.243 e. The van der Waals surface area contributed by atoms with E-state index in [1.54, 1.807) is 22.6 Å². The van der Waals surface area contributed by atoms with Crippen LogP contribution in [-0.4, -0.2) is 58.4 Å². The molecule has 0 saturated carbocycles. The molecule has 0 bridgehead atoms. The molecule has 0 N–H and O–H groups in total. The zero-order valence-electron chi connectivity index (χ0n) is 16.6.